The fourth-order valence-electron chi connectivity index (χ4n) is 3.61. The molecular weight excluding hydrogens is 286 g/mol. The number of amides is 1. The Hall–Kier alpha value is -1.84. The van der Waals surface area contributed by atoms with Crippen molar-refractivity contribution in [3.8, 4) is 0 Å². The van der Waals surface area contributed by atoms with Crippen molar-refractivity contribution < 1.29 is 4.79 Å². The molecule has 1 saturated carbocycles. The number of rotatable bonds is 2. The van der Waals surface area contributed by atoms with Crippen LogP contribution >= 0.6 is 0 Å². The predicted octanol–water partition coefficient (Wildman–Crippen LogP) is 4.18. The third-order valence-corrected chi connectivity index (χ3v) is 4.87. The van der Waals surface area contributed by atoms with Crippen LogP contribution in [0.25, 0.3) is 5.65 Å². The van der Waals surface area contributed by atoms with Crippen LogP contribution < -0.4 is 5.32 Å². The van der Waals surface area contributed by atoms with Gasteiger partial charge in [0.2, 0.25) is 0 Å². The SMILES string of the molecule is Cc1cc(C)n2ccc(C(=O)NC3CCCCCCCC3)c2n1. The van der Waals surface area contributed by atoms with E-state index in [0.717, 1.165) is 29.9 Å². The molecule has 2 aromatic heterocycles. The summed E-state index contributed by atoms with van der Waals surface area (Å²) >= 11 is 0. The highest BCUT2D eigenvalue weighted by molar-refractivity contribution is 6.00. The van der Waals surface area contributed by atoms with Crippen molar-refractivity contribution >= 4 is 11.6 Å². The standard InChI is InChI=1S/C19H27N3O/c1-14-13-15(2)22-12-11-17(18(22)20-14)19(23)21-16-9-7-5-3-4-6-8-10-16/h11-13,16H,3-10H2,1-2H3,(H,21,23). The van der Waals surface area contributed by atoms with Gasteiger partial charge in [0.05, 0.1) is 5.56 Å². The third kappa shape index (κ3) is 3.74. The van der Waals surface area contributed by atoms with E-state index in [-0.39, 0.29) is 5.91 Å². The number of nitrogens with one attached hydrogen (secondary N) is 1. The summed E-state index contributed by atoms with van der Waals surface area (Å²) in [6.45, 7) is 4.02. The van der Waals surface area contributed by atoms with Crippen molar-refractivity contribution in [2.45, 2.75) is 71.3 Å². The van der Waals surface area contributed by atoms with E-state index in [1.165, 1.54) is 38.5 Å². The van der Waals surface area contributed by atoms with Gasteiger partial charge in [-0.2, -0.15) is 0 Å². The smallest absolute Gasteiger partial charge is 0.255 e. The lowest BCUT2D eigenvalue weighted by Gasteiger charge is -2.17. The van der Waals surface area contributed by atoms with E-state index < -0.39 is 0 Å². The molecule has 1 aliphatic carbocycles. The first-order chi connectivity index (χ1) is 11.1. The Labute approximate surface area is 138 Å². The predicted molar refractivity (Wildman–Crippen MR) is 92.9 cm³/mol. The van der Waals surface area contributed by atoms with E-state index in [0.29, 0.717) is 11.6 Å². The van der Waals surface area contributed by atoms with Crippen LogP contribution in [0.3, 0.4) is 0 Å². The molecular formula is C19H27N3O. The Kier molecular flexibility index (Phi) is 4.99. The second kappa shape index (κ2) is 7.16. The van der Waals surface area contributed by atoms with E-state index in [1.54, 1.807) is 0 Å². The number of hydrogen-bond acceptors (Lipinski definition) is 2. The summed E-state index contributed by atoms with van der Waals surface area (Å²) in [6, 6.07) is 4.23. The fraction of sp³-hybridized carbons (Fsp3) is 0.579. The summed E-state index contributed by atoms with van der Waals surface area (Å²) in [5.74, 6) is 0.0225. The van der Waals surface area contributed by atoms with E-state index in [1.807, 2.05) is 36.6 Å². The minimum absolute atomic E-state index is 0.0225. The van der Waals surface area contributed by atoms with Crippen LogP contribution in [0, 0.1) is 13.8 Å². The Balaban J connectivity index is 1.77. The lowest BCUT2D eigenvalue weighted by atomic mass is 10.0. The Morgan fingerprint density at radius 1 is 1.13 bits per heavy atom. The third-order valence-electron chi connectivity index (χ3n) is 4.87. The summed E-state index contributed by atoms with van der Waals surface area (Å²) in [4.78, 5) is 17.3. The maximum atomic E-state index is 12.7. The van der Waals surface area contributed by atoms with Gasteiger partial charge in [-0.05, 0) is 38.8 Å². The van der Waals surface area contributed by atoms with Crippen molar-refractivity contribution in [3.05, 3.63) is 35.3 Å². The lowest BCUT2D eigenvalue weighted by Crippen LogP contribution is -2.34. The molecule has 0 bridgehead atoms. The van der Waals surface area contributed by atoms with Crippen molar-refractivity contribution in [2.75, 3.05) is 0 Å². The van der Waals surface area contributed by atoms with Gasteiger partial charge in [-0.25, -0.2) is 4.98 Å². The molecule has 1 aliphatic rings. The zero-order valence-electron chi connectivity index (χ0n) is 14.3. The van der Waals surface area contributed by atoms with Crippen LogP contribution in [-0.2, 0) is 0 Å². The summed E-state index contributed by atoms with van der Waals surface area (Å²) in [5.41, 5.74) is 3.51. The summed E-state index contributed by atoms with van der Waals surface area (Å²) in [7, 11) is 0. The minimum Gasteiger partial charge on any atom is -0.349 e. The number of carbonyl (C=O) groups is 1. The van der Waals surface area contributed by atoms with Crippen molar-refractivity contribution in [1.29, 1.82) is 0 Å². The van der Waals surface area contributed by atoms with Crippen LogP contribution in [0.5, 0.6) is 0 Å². The van der Waals surface area contributed by atoms with Crippen LogP contribution in [0.1, 0.15) is 73.1 Å². The molecule has 2 aromatic rings. The number of carbonyl (C=O) groups excluding carboxylic acids is 1. The van der Waals surface area contributed by atoms with Gasteiger partial charge >= 0.3 is 0 Å². The molecule has 4 nitrogen and oxygen atoms in total. The molecule has 1 fully saturated rings. The number of fused-ring (bicyclic) bond motifs is 1. The second-order valence-electron chi connectivity index (χ2n) is 6.83. The average Bonchev–Trinajstić information content (AvgIpc) is 2.96. The van der Waals surface area contributed by atoms with E-state index in [4.69, 9.17) is 0 Å². The molecule has 2 heterocycles. The zero-order valence-corrected chi connectivity index (χ0v) is 14.3. The Morgan fingerprint density at radius 2 is 1.78 bits per heavy atom. The summed E-state index contributed by atoms with van der Waals surface area (Å²) in [6.07, 6.45) is 11.8. The summed E-state index contributed by atoms with van der Waals surface area (Å²) < 4.78 is 1.99. The molecule has 0 aromatic carbocycles. The molecule has 4 heteroatoms. The largest absolute Gasteiger partial charge is 0.349 e. The van der Waals surface area contributed by atoms with Crippen LogP contribution in [-0.4, -0.2) is 21.3 Å². The molecule has 23 heavy (non-hydrogen) atoms. The first kappa shape index (κ1) is 16.0. The quantitative estimate of drug-likeness (QED) is 0.904. The number of hydrogen-bond donors (Lipinski definition) is 1. The molecule has 3 rings (SSSR count). The first-order valence-corrected chi connectivity index (χ1v) is 8.91. The highest BCUT2D eigenvalue weighted by Gasteiger charge is 2.18. The topological polar surface area (TPSA) is 46.4 Å². The lowest BCUT2D eigenvalue weighted by molar-refractivity contribution is 0.0933. The molecule has 1 N–H and O–H groups in total. The van der Waals surface area contributed by atoms with E-state index >= 15 is 0 Å². The molecule has 0 spiro atoms. The highest BCUT2D eigenvalue weighted by atomic mass is 16.1. The molecule has 0 atom stereocenters. The molecule has 0 aliphatic heterocycles. The van der Waals surface area contributed by atoms with Crippen LogP contribution in [0.4, 0.5) is 0 Å². The molecule has 1 amide bonds. The van der Waals surface area contributed by atoms with Gasteiger partial charge in [-0.3, -0.25) is 4.79 Å². The van der Waals surface area contributed by atoms with E-state index in [2.05, 4.69) is 10.3 Å². The Bertz CT molecular complexity index is 679. The first-order valence-electron chi connectivity index (χ1n) is 8.91. The van der Waals surface area contributed by atoms with Gasteiger partial charge in [0.25, 0.3) is 5.91 Å². The highest BCUT2D eigenvalue weighted by Crippen LogP contribution is 2.19. The van der Waals surface area contributed by atoms with E-state index in [9.17, 15) is 4.79 Å². The fourth-order valence-corrected chi connectivity index (χ4v) is 3.61. The van der Waals surface area contributed by atoms with Gasteiger partial charge in [0, 0.05) is 23.6 Å². The van der Waals surface area contributed by atoms with Crippen molar-refractivity contribution in [3.63, 3.8) is 0 Å². The molecule has 0 saturated heterocycles. The molecule has 0 unspecified atom stereocenters. The number of aryl methyl sites for hydroxylation is 2. The second-order valence-corrected chi connectivity index (χ2v) is 6.83. The maximum Gasteiger partial charge on any atom is 0.255 e. The van der Waals surface area contributed by atoms with Gasteiger partial charge in [-0.15, -0.1) is 0 Å². The monoisotopic (exact) mass is 313 g/mol. The summed E-state index contributed by atoms with van der Waals surface area (Å²) in [5, 5.41) is 3.26. The normalized spacial score (nSPS) is 17.5. The maximum absolute atomic E-state index is 12.7. The molecule has 124 valence electrons. The van der Waals surface area contributed by atoms with Gasteiger partial charge in [0.15, 0.2) is 0 Å². The molecule has 0 radical (unpaired) electrons. The minimum atomic E-state index is 0.0225. The van der Waals surface area contributed by atoms with Gasteiger partial charge in [0.1, 0.15) is 5.65 Å². The van der Waals surface area contributed by atoms with Crippen molar-refractivity contribution in [1.82, 2.24) is 14.7 Å². The Morgan fingerprint density at radius 3 is 2.48 bits per heavy atom. The van der Waals surface area contributed by atoms with Crippen molar-refractivity contribution in [2.24, 2.45) is 0 Å². The van der Waals surface area contributed by atoms with Crippen LogP contribution in [0.2, 0.25) is 0 Å². The van der Waals surface area contributed by atoms with Gasteiger partial charge < -0.3 is 9.72 Å². The van der Waals surface area contributed by atoms with Gasteiger partial charge in [-0.1, -0.05) is 38.5 Å². The number of aromatic nitrogens is 2. The zero-order chi connectivity index (χ0) is 16.2. The number of nitrogens with zero attached hydrogens (tertiary/aromatic N) is 2. The average molecular weight is 313 g/mol. The van der Waals surface area contributed by atoms with Crippen LogP contribution in [0.15, 0.2) is 18.3 Å².